The minimum absolute atomic E-state index is 0.214. The summed E-state index contributed by atoms with van der Waals surface area (Å²) in [5.74, 6) is -0.503. The third kappa shape index (κ3) is 3.84. The minimum atomic E-state index is -1.23. The van der Waals surface area contributed by atoms with Gasteiger partial charge in [-0.05, 0) is 24.6 Å². The molecular formula is C18H18N4O3. The largest absolute Gasteiger partial charge is 0.378 e. The van der Waals surface area contributed by atoms with Crippen LogP contribution >= 0.6 is 0 Å². The van der Waals surface area contributed by atoms with E-state index in [9.17, 15) is 14.7 Å². The van der Waals surface area contributed by atoms with E-state index in [2.05, 4.69) is 21.2 Å². The molecule has 0 bridgehead atoms. The van der Waals surface area contributed by atoms with Crippen molar-refractivity contribution in [3.05, 3.63) is 65.7 Å². The summed E-state index contributed by atoms with van der Waals surface area (Å²) in [7, 11) is 0. The van der Waals surface area contributed by atoms with Gasteiger partial charge >= 0.3 is 6.03 Å². The smallest absolute Gasteiger partial charge is 0.335 e. The second-order valence-electron chi connectivity index (χ2n) is 5.68. The van der Waals surface area contributed by atoms with Crippen LogP contribution in [0.3, 0.4) is 0 Å². The molecule has 0 fully saturated rings. The number of hydrogen-bond acceptors (Lipinski definition) is 4. The van der Waals surface area contributed by atoms with E-state index in [1.807, 2.05) is 13.0 Å². The van der Waals surface area contributed by atoms with Crippen LogP contribution in [0, 0.1) is 0 Å². The summed E-state index contributed by atoms with van der Waals surface area (Å²) < 4.78 is 0. The molecule has 1 heterocycles. The Bertz CT molecular complexity index is 803. The van der Waals surface area contributed by atoms with Crippen molar-refractivity contribution in [3.8, 4) is 0 Å². The van der Waals surface area contributed by atoms with E-state index in [-0.39, 0.29) is 12.1 Å². The molecule has 128 valence electrons. The van der Waals surface area contributed by atoms with Gasteiger partial charge in [0.1, 0.15) is 0 Å². The number of hydrogen-bond donors (Lipinski definition) is 4. The van der Waals surface area contributed by atoms with Gasteiger partial charge in [-0.15, -0.1) is 0 Å². The molecule has 25 heavy (non-hydrogen) atoms. The SMILES string of the molecule is CC1NC(=O)NN=C1c1ccc(NC(=O)C(O)c2ccccc2)cc1. The molecule has 0 spiro atoms. The van der Waals surface area contributed by atoms with Crippen molar-refractivity contribution in [2.45, 2.75) is 19.1 Å². The molecule has 7 nitrogen and oxygen atoms in total. The molecule has 1 aliphatic heterocycles. The molecule has 2 unspecified atom stereocenters. The van der Waals surface area contributed by atoms with Crippen molar-refractivity contribution in [3.63, 3.8) is 0 Å². The Morgan fingerprint density at radius 1 is 1.16 bits per heavy atom. The van der Waals surface area contributed by atoms with Crippen molar-refractivity contribution in [2.75, 3.05) is 5.32 Å². The van der Waals surface area contributed by atoms with Crippen molar-refractivity contribution >= 4 is 23.3 Å². The quantitative estimate of drug-likeness (QED) is 0.683. The highest BCUT2D eigenvalue weighted by Gasteiger charge is 2.21. The zero-order valence-corrected chi connectivity index (χ0v) is 13.6. The van der Waals surface area contributed by atoms with E-state index in [1.54, 1.807) is 48.5 Å². The lowest BCUT2D eigenvalue weighted by molar-refractivity contribution is -0.124. The number of carbonyl (C=O) groups is 2. The summed E-state index contributed by atoms with van der Waals surface area (Å²) in [6.07, 6.45) is -1.23. The fourth-order valence-electron chi connectivity index (χ4n) is 2.54. The fourth-order valence-corrected chi connectivity index (χ4v) is 2.54. The summed E-state index contributed by atoms with van der Waals surface area (Å²) in [6.45, 7) is 1.84. The Kier molecular flexibility index (Phi) is 4.76. The molecule has 2 aromatic carbocycles. The topological polar surface area (TPSA) is 103 Å². The monoisotopic (exact) mass is 338 g/mol. The van der Waals surface area contributed by atoms with E-state index in [4.69, 9.17) is 0 Å². The molecule has 0 radical (unpaired) electrons. The zero-order chi connectivity index (χ0) is 17.8. The number of aliphatic hydroxyl groups excluding tert-OH is 1. The van der Waals surface area contributed by atoms with Gasteiger partial charge in [0.05, 0.1) is 11.8 Å². The van der Waals surface area contributed by atoms with E-state index >= 15 is 0 Å². The molecule has 2 aromatic rings. The second-order valence-corrected chi connectivity index (χ2v) is 5.68. The van der Waals surface area contributed by atoms with Gasteiger partial charge in [0, 0.05) is 11.3 Å². The van der Waals surface area contributed by atoms with Crippen LogP contribution in [-0.4, -0.2) is 28.8 Å². The predicted molar refractivity (Wildman–Crippen MR) is 94.1 cm³/mol. The maximum atomic E-state index is 12.1. The average molecular weight is 338 g/mol. The van der Waals surface area contributed by atoms with Crippen molar-refractivity contribution < 1.29 is 14.7 Å². The van der Waals surface area contributed by atoms with Gasteiger partial charge in [0.25, 0.3) is 5.91 Å². The summed E-state index contributed by atoms with van der Waals surface area (Å²) in [4.78, 5) is 23.4. The first-order valence-electron chi connectivity index (χ1n) is 7.83. The first-order valence-corrected chi connectivity index (χ1v) is 7.83. The minimum Gasteiger partial charge on any atom is -0.378 e. The summed E-state index contributed by atoms with van der Waals surface area (Å²) in [5.41, 5.74) is 4.98. The summed E-state index contributed by atoms with van der Waals surface area (Å²) in [5, 5.41) is 19.5. The molecule has 0 aromatic heterocycles. The lowest BCUT2D eigenvalue weighted by Crippen LogP contribution is -2.48. The van der Waals surface area contributed by atoms with Crippen LogP contribution in [0.2, 0.25) is 0 Å². The van der Waals surface area contributed by atoms with Crippen LogP contribution < -0.4 is 16.1 Å². The van der Waals surface area contributed by atoms with E-state index in [1.165, 1.54) is 0 Å². The first-order chi connectivity index (χ1) is 12.0. The van der Waals surface area contributed by atoms with Crippen LogP contribution in [-0.2, 0) is 4.79 Å². The number of nitrogens with one attached hydrogen (secondary N) is 3. The number of aliphatic hydroxyl groups is 1. The number of carbonyl (C=O) groups excluding carboxylic acids is 2. The van der Waals surface area contributed by atoms with Gasteiger partial charge in [-0.2, -0.15) is 5.10 Å². The third-order valence-corrected chi connectivity index (χ3v) is 3.85. The van der Waals surface area contributed by atoms with E-state index < -0.39 is 12.0 Å². The number of anilines is 1. The van der Waals surface area contributed by atoms with Crippen molar-refractivity contribution in [1.29, 1.82) is 0 Å². The van der Waals surface area contributed by atoms with Crippen molar-refractivity contribution in [1.82, 2.24) is 10.7 Å². The molecule has 0 aliphatic carbocycles. The molecule has 0 saturated heterocycles. The molecule has 0 saturated carbocycles. The maximum absolute atomic E-state index is 12.1. The van der Waals surface area contributed by atoms with Gasteiger partial charge < -0.3 is 15.7 Å². The standard InChI is InChI=1S/C18H18N4O3/c1-11-15(21-22-18(25)19-11)12-7-9-14(10-8-12)20-17(24)16(23)13-5-3-2-4-6-13/h2-11,16,23H,1H3,(H,20,24)(H2,19,22,25). The Hall–Kier alpha value is -3.19. The fraction of sp³-hybridized carbons (Fsp3) is 0.167. The highest BCUT2D eigenvalue weighted by atomic mass is 16.3. The average Bonchev–Trinajstić information content (AvgIpc) is 2.63. The molecular weight excluding hydrogens is 320 g/mol. The molecule has 1 aliphatic rings. The Balaban J connectivity index is 1.69. The van der Waals surface area contributed by atoms with Gasteiger partial charge in [-0.25, -0.2) is 10.2 Å². The maximum Gasteiger partial charge on any atom is 0.335 e. The Morgan fingerprint density at radius 3 is 2.48 bits per heavy atom. The highest BCUT2D eigenvalue weighted by Crippen LogP contribution is 2.17. The number of amides is 3. The van der Waals surface area contributed by atoms with Crippen LogP contribution in [0.5, 0.6) is 0 Å². The predicted octanol–water partition coefficient (Wildman–Crippen LogP) is 1.76. The van der Waals surface area contributed by atoms with E-state index in [0.717, 1.165) is 5.56 Å². The normalized spacial score (nSPS) is 17.8. The van der Waals surface area contributed by atoms with E-state index in [0.29, 0.717) is 17.0 Å². The van der Waals surface area contributed by atoms with Gasteiger partial charge in [0.15, 0.2) is 6.10 Å². The Labute approximate surface area is 144 Å². The van der Waals surface area contributed by atoms with Gasteiger partial charge in [-0.1, -0.05) is 42.5 Å². The zero-order valence-electron chi connectivity index (χ0n) is 13.6. The van der Waals surface area contributed by atoms with Gasteiger partial charge in [0.2, 0.25) is 0 Å². The van der Waals surface area contributed by atoms with Crippen LogP contribution in [0.15, 0.2) is 59.7 Å². The molecule has 7 heteroatoms. The number of benzene rings is 2. The summed E-state index contributed by atoms with van der Waals surface area (Å²) in [6, 6.07) is 15.2. The molecule has 2 atom stereocenters. The number of hydrazone groups is 1. The second kappa shape index (κ2) is 7.14. The van der Waals surface area contributed by atoms with Gasteiger partial charge in [-0.3, -0.25) is 4.79 Å². The molecule has 3 rings (SSSR count). The number of urea groups is 1. The first kappa shape index (κ1) is 16.7. The van der Waals surface area contributed by atoms with Crippen LogP contribution in [0.1, 0.15) is 24.2 Å². The highest BCUT2D eigenvalue weighted by molar-refractivity contribution is 6.07. The summed E-state index contributed by atoms with van der Waals surface area (Å²) >= 11 is 0. The van der Waals surface area contributed by atoms with Crippen LogP contribution in [0.25, 0.3) is 0 Å². The third-order valence-electron chi connectivity index (χ3n) is 3.85. The lowest BCUT2D eigenvalue weighted by Gasteiger charge is -2.21. The number of rotatable bonds is 4. The lowest BCUT2D eigenvalue weighted by atomic mass is 10.0. The van der Waals surface area contributed by atoms with Crippen LogP contribution in [0.4, 0.5) is 10.5 Å². The molecule has 4 N–H and O–H groups in total. The number of nitrogens with zero attached hydrogens (tertiary/aromatic N) is 1. The Morgan fingerprint density at radius 2 is 1.84 bits per heavy atom. The van der Waals surface area contributed by atoms with Crippen molar-refractivity contribution in [2.24, 2.45) is 5.10 Å². The molecule has 3 amide bonds.